The standard InChI is InChI=1S/C17H13BrF2N2O/c18-13-3-1-12(2-4-13)16-10-22(5-6-23-16)17-14(19)7-11(9-21)8-15(17)20/h1-4,7-8,16H,5-6,10H2. The van der Waals surface area contributed by atoms with Crippen LogP contribution in [0.1, 0.15) is 17.2 Å². The third kappa shape index (κ3) is 3.36. The van der Waals surface area contributed by atoms with E-state index in [1.807, 2.05) is 24.3 Å². The van der Waals surface area contributed by atoms with Crippen molar-refractivity contribution in [2.45, 2.75) is 6.10 Å². The minimum absolute atomic E-state index is 0.0264. The highest BCUT2D eigenvalue weighted by atomic mass is 79.9. The van der Waals surface area contributed by atoms with E-state index in [1.165, 1.54) is 0 Å². The maximum atomic E-state index is 14.2. The van der Waals surface area contributed by atoms with Gasteiger partial charge < -0.3 is 9.64 Å². The minimum Gasteiger partial charge on any atom is -0.370 e. The van der Waals surface area contributed by atoms with Gasteiger partial charge in [0.2, 0.25) is 0 Å². The molecule has 3 rings (SSSR count). The van der Waals surface area contributed by atoms with E-state index >= 15 is 0 Å². The summed E-state index contributed by atoms with van der Waals surface area (Å²) in [6.07, 6.45) is -0.258. The molecule has 0 bridgehead atoms. The highest BCUT2D eigenvalue weighted by Crippen LogP contribution is 2.31. The monoisotopic (exact) mass is 378 g/mol. The number of hydrogen-bond acceptors (Lipinski definition) is 3. The number of morpholine rings is 1. The molecule has 0 aliphatic carbocycles. The van der Waals surface area contributed by atoms with Crippen LogP contribution in [0.4, 0.5) is 14.5 Å². The first kappa shape index (κ1) is 15.9. The molecule has 1 saturated heterocycles. The molecular weight excluding hydrogens is 366 g/mol. The molecule has 23 heavy (non-hydrogen) atoms. The Balaban J connectivity index is 1.87. The smallest absolute Gasteiger partial charge is 0.150 e. The van der Waals surface area contributed by atoms with Gasteiger partial charge in [-0.2, -0.15) is 5.26 Å². The fourth-order valence-electron chi connectivity index (χ4n) is 2.66. The lowest BCUT2D eigenvalue weighted by molar-refractivity contribution is 0.0393. The van der Waals surface area contributed by atoms with Crippen LogP contribution in [-0.2, 0) is 4.74 Å². The van der Waals surface area contributed by atoms with Gasteiger partial charge in [-0.25, -0.2) is 8.78 Å². The number of ether oxygens (including phenoxy) is 1. The Labute approximate surface area is 141 Å². The number of rotatable bonds is 2. The molecule has 1 atom stereocenters. The second-order valence-corrected chi connectivity index (χ2v) is 6.17. The van der Waals surface area contributed by atoms with Crippen molar-refractivity contribution in [2.24, 2.45) is 0 Å². The number of nitriles is 1. The first-order valence-electron chi connectivity index (χ1n) is 7.09. The van der Waals surface area contributed by atoms with Crippen LogP contribution in [0.3, 0.4) is 0 Å². The number of hydrogen-bond donors (Lipinski definition) is 0. The van der Waals surface area contributed by atoms with E-state index < -0.39 is 11.6 Å². The lowest BCUT2D eigenvalue weighted by atomic mass is 10.1. The molecule has 0 radical (unpaired) electrons. The molecular formula is C17H13BrF2N2O. The van der Waals surface area contributed by atoms with Gasteiger partial charge >= 0.3 is 0 Å². The Morgan fingerprint density at radius 1 is 1.17 bits per heavy atom. The summed E-state index contributed by atoms with van der Waals surface area (Å²) in [6, 6.07) is 11.5. The normalized spacial score (nSPS) is 17.8. The maximum absolute atomic E-state index is 14.2. The number of benzene rings is 2. The van der Waals surface area contributed by atoms with Gasteiger partial charge in [-0.1, -0.05) is 28.1 Å². The zero-order valence-corrected chi connectivity index (χ0v) is 13.7. The van der Waals surface area contributed by atoms with Crippen LogP contribution in [0.2, 0.25) is 0 Å². The van der Waals surface area contributed by atoms with Gasteiger partial charge in [-0.05, 0) is 29.8 Å². The molecule has 1 fully saturated rings. The van der Waals surface area contributed by atoms with Crippen molar-refractivity contribution in [1.82, 2.24) is 0 Å². The number of anilines is 1. The highest BCUT2D eigenvalue weighted by molar-refractivity contribution is 9.10. The predicted octanol–water partition coefficient (Wildman–Crippen LogP) is 4.18. The fraction of sp³-hybridized carbons (Fsp3) is 0.235. The third-order valence-corrected chi connectivity index (χ3v) is 4.30. The lowest BCUT2D eigenvalue weighted by Crippen LogP contribution is -2.39. The van der Waals surface area contributed by atoms with Gasteiger partial charge in [0.25, 0.3) is 0 Å². The van der Waals surface area contributed by atoms with Crippen LogP contribution >= 0.6 is 15.9 Å². The van der Waals surface area contributed by atoms with Crippen LogP contribution in [0, 0.1) is 23.0 Å². The summed E-state index contributed by atoms with van der Waals surface area (Å²) in [6.45, 7) is 1.12. The number of nitrogens with zero attached hydrogens (tertiary/aromatic N) is 2. The number of halogens is 3. The molecule has 0 aromatic heterocycles. The summed E-state index contributed by atoms with van der Waals surface area (Å²) in [5, 5.41) is 8.78. The molecule has 118 valence electrons. The summed E-state index contributed by atoms with van der Waals surface area (Å²) in [5.41, 5.74) is 0.822. The van der Waals surface area contributed by atoms with E-state index in [9.17, 15) is 8.78 Å². The molecule has 0 saturated carbocycles. The van der Waals surface area contributed by atoms with E-state index in [4.69, 9.17) is 10.00 Å². The van der Waals surface area contributed by atoms with Crippen molar-refractivity contribution in [3.63, 3.8) is 0 Å². The summed E-state index contributed by atoms with van der Waals surface area (Å²) in [7, 11) is 0. The van der Waals surface area contributed by atoms with Crippen molar-refractivity contribution < 1.29 is 13.5 Å². The zero-order chi connectivity index (χ0) is 16.4. The molecule has 2 aromatic rings. The minimum atomic E-state index is -0.724. The Kier molecular flexibility index (Phi) is 4.60. The van der Waals surface area contributed by atoms with Gasteiger partial charge in [0, 0.05) is 17.6 Å². The van der Waals surface area contributed by atoms with Crippen molar-refractivity contribution in [1.29, 1.82) is 5.26 Å². The van der Waals surface area contributed by atoms with Crippen molar-refractivity contribution in [2.75, 3.05) is 24.6 Å². The van der Waals surface area contributed by atoms with Crippen LogP contribution in [0.15, 0.2) is 40.9 Å². The van der Waals surface area contributed by atoms with Crippen molar-refractivity contribution >= 4 is 21.6 Å². The van der Waals surface area contributed by atoms with Gasteiger partial charge in [0.1, 0.15) is 11.8 Å². The summed E-state index contributed by atoms with van der Waals surface area (Å²) in [4.78, 5) is 1.63. The first-order valence-corrected chi connectivity index (χ1v) is 7.89. The third-order valence-electron chi connectivity index (χ3n) is 3.77. The predicted molar refractivity (Wildman–Crippen MR) is 86.1 cm³/mol. The SMILES string of the molecule is N#Cc1cc(F)c(N2CCOC(c3ccc(Br)cc3)C2)c(F)c1. The van der Waals surface area contributed by atoms with E-state index in [0.717, 1.165) is 22.2 Å². The van der Waals surface area contributed by atoms with Crippen molar-refractivity contribution in [3.05, 3.63) is 63.6 Å². The average Bonchev–Trinajstić information content (AvgIpc) is 2.55. The van der Waals surface area contributed by atoms with Crippen LogP contribution in [0.5, 0.6) is 0 Å². The zero-order valence-electron chi connectivity index (χ0n) is 12.1. The molecule has 3 nitrogen and oxygen atoms in total. The van der Waals surface area contributed by atoms with Crippen molar-refractivity contribution in [3.8, 4) is 6.07 Å². The Morgan fingerprint density at radius 3 is 2.43 bits per heavy atom. The van der Waals surface area contributed by atoms with Gasteiger partial charge in [0.15, 0.2) is 11.6 Å². The van der Waals surface area contributed by atoms with E-state index in [-0.39, 0.29) is 17.4 Å². The molecule has 0 spiro atoms. The summed E-state index contributed by atoms with van der Waals surface area (Å²) >= 11 is 3.37. The molecule has 0 amide bonds. The Hall–Kier alpha value is -1.97. The molecule has 1 aliphatic heterocycles. The second-order valence-electron chi connectivity index (χ2n) is 5.26. The largest absolute Gasteiger partial charge is 0.370 e. The molecule has 2 aromatic carbocycles. The molecule has 6 heteroatoms. The van der Waals surface area contributed by atoms with Crippen LogP contribution in [0.25, 0.3) is 0 Å². The van der Waals surface area contributed by atoms with Gasteiger partial charge in [-0.3, -0.25) is 0 Å². The van der Waals surface area contributed by atoms with E-state index in [1.54, 1.807) is 11.0 Å². The second kappa shape index (κ2) is 6.65. The summed E-state index contributed by atoms with van der Waals surface area (Å²) in [5.74, 6) is -1.45. The summed E-state index contributed by atoms with van der Waals surface area (Å²) < 4.78 is 35.1. The fourth-order valence-corrected chi connectivity index (χ4v) is 2.93. The quantitative estimate of drug-likeness (QED) is 0.786. The van der Waals surface area contributed by atoms with E-state index in [2.05, 4.69) is 15.9 Å². The Bertz CT molecular complexity index is 735. The molecule has 1 aliphatic rings. The van der Waals surface area contributed by atoms with Crippen LogP contribution in [-0.4, -0.2) is 19.7 Å². The molecule has 0 N–H and O–H groups in total. The van der Waals surface area contributed by atoms with Crippen LogP contribution < -0.4 is 4.90 Å². The topological polar surface area (TPSA) is 36.3 Å². The average molecular weight is 379 g/mol. The van der Waals surface area contributed by atoms with Gasteiger partial charge in [-0.15, -0.1) is 0 Å². The highest BCUT2D eigenvalue weighted by Gasteiger charge is 2.26. The molecule has 1 heterocycles. The maximum Gasteiger partial charge on any atom is 0.150 e. The lowest BCUT2D eigenvalue weighted by Gasteiger charge is -2.35. The first-order chi connectivity index (χ1) is 11.1. The Morgan fingerprint density at radius 2 is 1.83 bits per heavy atom. The molecule has 1 unspecified atom stereocenters. The van der Waals surface area contributed by atoms with Gasteiger partial charge in [0.05, 0.1) is 18.2 Å². The van der Waals surface area contributed by atoms with E-state index in [0.29, 0.717) is 19.7 Å².